The molecule has 2 rings (SSSR count). The average Bonchev–Trinajstić information content (AvgIpc) is 2.24. The fourth-order valence-corrected chi connectivity index (χ4v) is 2.85. The molecule has 0 aliphatic heterocycles. The highest BCUT2D eigenvalue weighted by molar-refractivity contribution is 6.83. The Balaban J connectivity index is 1.93. The molecule has 1 saturated carbocycles. The SMILES string of the molecule is C[Si](C)(C)C#CC1CCC1Cc1ccccc1. The van der Waals surface area contributed by atoms with E-state index in [0.717, 1.165) is 5.92 Å². The Hall–Kier alpha value is -1.00. The minimum atomic E-state index is -1.19. The van der Waals surface area contributed by atoms with E-state index < -0.39 is 8.07 Å². The van der Waals surface area contributed by atoms with Crippen LogP contribution in [-0.4, -0.2) is 8.07 Å². The number of rotatable bonds is 2. The zero-order valence-electron chi connectivity index (χ0n) is 11.2. The fourth-order valence-electron chi connectivity index (χ4n) is 2.23. The van der Waals surface area contributed by atoms with Crippen molar-refractivity contribution in [2.75, 3.05) is 0 Å². The Labute approximate surface area is 106 Å². The van der Waals surface area contributed by atoms with E-state index in [-0.39, 0.29) is 0 Å². The third-order valence-electron chi connectivity index (χ3n) is 3.39. The van der Waals surface area contributed by atoms with Gasteiger partial charge in [0.25, 0.3) is 0 Å². The van der Waals surface area contributed by atoms with Crippen LogP contribution in [-0.2, 0) is 6.42 Å². The van der Waals surface area contributed by atoms with Crippen LogP contribution in [0.15, 0.2) is 30.3 Å². The van der Waals surface area contributed by atoms with Gasteiger partial charge in [0.1, 0.15) is 8.07 Å². The van der Waals surface area contributed by atoms with Gasteiger partial charge in [-0.1, -0.05) is 50.0 Å². The van der Waals surface area contributed by atoms with Crippen molar-refractivity contribution in [2.24, 2.45) is 11.8 Å². The van der Waals surface area contributed by atoms with Crippen LogP contribution in [0.2, 0.25) is 19.6 Å². The second-order valence-corrected chi connectivity index (χ2v) is 10.9. The quantitative estimate of drug-likeness (QED) is 0.540. The van der Waals surface area contributed by atoms with E-state index in [9.17, 15) is 0 Å². The molecule has 0 N–H and O–H groups in total. The molecule has 2 atom stereocenters. The lowest BCUT2D eigenvalue weighted by atomic mass is 9.71. The van der Waals surface area contributed by atoms with Gasteiger partial charge in [-0.3, -0.25) is 0 Å². The maximum Gasteiger partial charge on any atom is 0.129 e. The van der Waals surface area contributed by atoms with Crippen molar-refractivity contribution < 1.29 is 0 Å². The van der Waals surface area contributed by atoms with Gasteiger partial charge in [-0.2, -0.15) is 0 Å². The first-order chi connectivity index (χ1) is 8.04. The Bertz CT molecular complexity index is 416. The molecule has 0 aromatic heterocycles. The predicted molar refractivity (Wildman–Crippen MR) is 77.5 cm³/mol. The Morgan fingerprint density at radius 2 is 1.82 bits per heavy atom. The highest BCUT2D eigenvalue weighted by Crippen LogP contribution is 2.36. The standard InChI is InChI=1S/C16H22Si/c1-17(2,3)12-11-15-9-10-16(15)13-14-7-5-4-6-8-14/h4-8,15-16H,9-10,13H2,1-3H3. The molecular formula is C16H22Si. The van der Waals surface area contributed by atoms with Gasteiger partial charge in [0, 0.05) is 5.92 Å². The topological polar surface area (TPSA) is 0 Å². The van der Waals surface area contributed by atoms with Gasteiger partial charge in [-0.25, -0.2) is 0 Å². The van der Waals surface area contributed by atoms with Gasteiger partial charge in [0.15, 0.2) is 0 Å². The second kappa shape index (κ2) is 5.10. The van der Waals surface area contributed by atoms with Crippen LogP contribution in [0.4, 0.5) is 0 Å². The molecule has 0 saturated heterocycles. The van der Waals surface area contributed by atoms with Gasteiger partial charge in [0.05, 0.1) is 0 Å². The van der Waals surface area contributed by atoms with E-state index in [1.165, 1.54) is 24.8 Å². The zero-order chi connectivity index (χ0) is 12.3. The molecule has 1 aromatic rings. The zero-order valence-corrected chi connectivity index (χ0v) is 12.2. The summed E-state index contributed by atoms with van der Waals surface area (Å²) in [6, 6.07) is 10.8. The molecule has 0 amide bonds. The Kier molecular flexibility index (Phi) is 3.74. The normalized spacial score (nSPS) is 23.5. The minimum Gasteiger partial charge on any atom is -0.132 e. The summed E-state index contributed by atoms with van der Waals surface area (Å²) in [6.07, 6.45) is 3.89. The summed E-state index contributed by atoms with van der Waals surface area (Å²) in [4.78, 5) is 0. The van der Waals surface area contributed by atoms with Crippen LogP contribution in [0.5, 0.6) is 0 Å². The second-order valence-electron chi connectivity index (χ2n) is 6.15. The van der Waals surface area contributed by atoms with Crippen molar-refractivity contribution in [1.82, 2.24) is 0 Å². The summed E-state index contributed by atoms with van der Waals surface area (Å²) >= 11 is 0. The summed E-state index contributed by atoms with van der Waals surface area (Å²) in [6.45, 7) is 6.97. The molecule has 2 unspecified atom stereocenters. The molecule has 90 valence electrons. The van der Waals surface area contributed by atoms with Crippen LogP contribution in [0.3, 0.4) is 0 Å². The van der Waals surface area contributed by atoms with Gasteiger partial charge in [0.2, 0.25) is 0 Å². The lowest BCUT2D eigenvalue weighted by Gasteiger charge is -2.33. The molecule has 1 fully saturated rings. The van der Waals surface area contributed by atoms with E-state index >= 15 is 0 Å². The molecule has 1 heteroatoms. The lowest BCUT2D eigenvalue weighted by molar-refractivity contribution is 0.236. The smallest absolute Gasteiger partial charge is 0.129 e. The lowest BCUT2D eigenvalue weighted by Crippen LogP contribution is -2.27. The molecule has 1 aliphatic carbocycles. The van der Waals surface area contributed by atoms with Crippen LogP contribution < -0.4 is 0 Å². The first-order valence-corrected chi connectivity index (χ1v) is 10.1. The number of hydrogen-bond donors (Lipinski definition) is 0. The maximum atomic E-state index is 3.54. The van der Waals surface area contributed by atoms with Crippen molar-refractivity contribution in [1.29, 1.82) is 0 Å². The first-order valence-electron chi connectivity index (χ1n) is 6.61. The van der Waals surface area contributed by atoms with Gasteiger partial charge in [-0.15, -0.1) is 11.5 Å². The average molecular weight is 242 g/mol. The highest BCUT2D eigenvalue weighted by Gasteiger charge is 2.29. The molecule has 17 heavy (non-hydrogen) atoms. The summed E-state index contributed by atoms with van der Waals surface area (Å²) in [7, 11) is -1.19. The van der Waals surface area contributed by atoms with Gasteiger partial charge >= 0.3 is 0 Å². The highest BCUT2D eigenvalue weighted by atomic mass is 28.3. The van der Waals surface area contributed by atoms with E-state index in [0.29, 0.717) is 5.92 Å². The van der Waals surface area contributed by atoms with Crippen molar-refractivity contribution in [3.8, 4) is 11.5 Å². The van der Waals surface area contributed by atoms with Crippen LogP contribution in [0, 0.1) is 23.3 Å². The van der Waals surface area contributed by atoms with Gasteiger partial charge < -0.3 is 0 Å². The number of hydrogen-bond acceptors (Lipinski definition) is 0. The van der Waals surface area contributed by atoms with E-state index in [1.807, 2.05) is 0 Å². The van der Waals surface area contributed by atoms with E-state index in [4.69, 9.17) is 0 Å². The molecule has 1 aromatic carbocycles. The van der Waals surface area contributed by atoms with Gasteiger partial charge in [-0.05, 0) is 30.7 Å². The third kappa shape index (κ3) is 3.75. The molecule has 0 heterocycles. The first kappa shape index (κ1) is 12.5. The number of benzene rings is 1. The summed E-state index contributed by atoms with van der Waals surface area (Å²) in [5, 5.41) is 0. The summed E-state index contributed by atoms with van der Waals surface area (Å²) in [5.74, 6) is 5.02. The fraction of sp³-hybridized carbons (Fsp3) is 0.500. The molecule has 0 radical (unpaired) electrons. The molecular weight excluding hydrogens is 220 g/mol. The molecule has 0 bridgehead atoms. The Morgan fingerprint density at radius 3 is 2.35 bits per heavy atom. The Morgan fingerprint density at radius 1 is 1.12 bits per heavy atom. The summed E-state index contributed by atoms with van der Waals surface area (Å²) in [5.41, 5.74) is 5.00. The van der Waals surface area contributed by atoms with Crippen molar-refractivity contribution in [2.45, 2.75) is 38.9 Å². The monoisotopic (exact) mass is 242 g/mol. The van der Waals surface area contributed by atoms with E-state index in [1.54, 1.807) is 0 Å². The molecule has 1 aliphatic rings. The van der Waals surface area contributed by atoms with Crippen molar-refractivity contribution in [3.05, 3.63) is 35.9 Å². The maximum absolute atomic E-state index is 3.54. The predicted octanol–water partition coefficient (Wildman–Crippen LogP) is 4.14. The van der Waals surface area contributed by atoms with Crippen molar-refractivity contribution >= 4 is 8.07 Å². The van der Waals surface area contributed by atoms with E-state index in [2.05, 4.69) is 61.4 Å². The van der Waals surface area contributed by atoms with Crippen LogP contribution in [0.25, 0.3) is 0 Å². The molecule has 0 spiro atoms. The minimum absolute atomic E-state index is 0.668. The van der Waals surface area contributed by atoms with Crippen molar-refractivity contribution in [3.63, 3.8) is 0 Å². The molecule has 0 nitrogen and oxygen atoms in total. The van der Waals surface area contributed by atoms with Crippen LogP contribution >= 0.6 is 0 Å². The van der Waals surface area contributed by atoms with Crippen LogP contribution in [0.1, 0.15) is 18.4 Å². The summed E-state index contributed by atoms with van der Waals surface area (Å²) < 4.78 is 0. The largest absolute Gasteiger partial charge is 0.132 e. The third-order valence-corrected chi connectivity index (χ3v) is 4.29.